The Morgan fingerprint density at radius 1 is 1.04 bits per heavy atom. The average molecular weight is 421 g/mol. The SMILES string of the molecule is CCOP(=O)(OCC)c1nc(-c2ccccc2Cl)oc1NCc1ccccc1. The topological polar surface area (TPSA) is 73.6 Å². The van der Waals surface area contributed by atoms with Crippen LogP contribution in [-0.4, -0.2) is 18.2 Å². The normalized spacial score (nSPS) is 11.5. The van der Waals surface area contributed by atoms with Crippen LogP contribution >= 0.6 is 19.2 Å². The van der Waals surface area contributed by atoms with Gasteiger partial charge in [-0.05, 0) is 31.5 Å². The molecule has 6 nitrogen and oxygen atoms in total. The maximum Gasteiger partial charge on any atom is 0.385 e. The van der Waals surface area contributed by atoms with Crippen molar-refractivity contribution in [2.75, 3.05) is 18.5 Å². The van der Waals surface area contributed by atoms with Crippen molar-refractivity contribution >= 4 is 30.5 Å². The minimum atomic E-state index is -3.66. The fourth-order valence-corrected chi connectivity index (χ4v) is 4.44. The Kier molecular flexibility index (Phi) is 6.92. The molecule has 0 saturated heterocycles. The Bertz CT molecular complexity index is 952. The van der Waals surface area contributed by atoms with E-state index in [1.54, 1.807) is 26.0 Å². The van der Waals surface area contributed by atoms with Gasteiger partial charge in [0.15, 0.2) is 0 Å². The van der Waals surface area contributed by atoms with Crippen molar-refractivity contribution in [1.82, 2.24) is 4.98 Å². The second kappa shape index (κ2) is 9.39. The van der Waals surface area contributed by atoms with Crippen LogP contribution in [-0.2, 0) is 20.2 Å². The molecular formula is C20H22ClN2O4P. The fourth-order valence-electron chi connectivity index (χ4n) is 2.64. The van der Waals surface area contributed by atoms with Crippen molar-refractivity contribution in [3.8, 4) is 11.5 Å². The van der Waals surface area contributed by atoms with Gasteiger partial charge in [-0.3, -0.25) is 4.57 Å². The van der Waals surface area contributed by atoms with Crippen molar-refractivity contribution in [2.24, 2.45) is 0 Å². The predicted molar refractivity (Wildman–Crippen MR) is 111 cm³/mol. The summed E-state index contributed by atoms with van der Waals surface area (Å²) in [5.74, 6) is 0.486. The van der Waals surface area contributed by atoms with Crippen LogP contribution in [0.1, 0.15) is 19.4 Å². The van der Waals surface area contributed by atoms with Crippen molar-refractivity contribution in [3.63, 3.8) is 0 Å². The largest absolute Gasteiger partial charge is 0.420 e. The van der Waals surface area contributed by atoms with Crippen molar-refractivity contribution < 1.29 is 18.0 Å². The summed E-state index contributed by atoms with van der Waals surface area (Å²) in [6.07, 6.45) is 0. The highest BCUT2D eigenvalue weighted by atomic mass is 35.5. The highest BCUT2D eigenvalue weighted by Crippen LogP contribution is 2.49. The number of hydrogen-bond acceptors (Lipinski definition) is 6. The standard InChI is InChI=1S/C20H22ClN2O4P/c1-3-25-28(24,26-4-2)20-19(22-14-15-10-6-5-7-11-15)27-18(23-20)16-12-8-9-13-17(16)21/h5-13,22H,3-4,14H2,1-2H3. The zero-order valence-corrected chi connectivity index (χ0v) is 17.4. The first-order valence-corrected chi connectivity index (χ1v) is 10.9. The van der Waals surface area contributed by atoms with Crippen LogP contribution in [0, 0.1) is 0 Å². The maximum atomic E-state index is 13.3. The van der Waals surface area contributed by atoms with Gasteiger partial charge in [-0.2, -0.15) is 4.98 Å². The molecule has 0 spiro atoms. The first-order valence-electron chi connectivity index (χ1n) is 9.00. The Hall–Kier alpha value is -2.11. The highest BCUT2D eigenvalue weighted by Gasteiger charge is 2.36. The lowest BCUT2D eigenvalue weighted by molar-refractivity contribution is 0.229. The van der Waals surface area contributed by atoms with Gasteiger partial charge in [0.2, 0.25) is 17.2 Å². The summed E-state index contributed by atoms with van der Waals surface area (Å²) in [5.41, 5.74) is 1.74. The maximum absolute atomic E-state index is 13.3. The van der Waals surface area contributed by atoms with E-state index in [-0.39, 0.29) is 30.4 Å². The number of hydrogen-bond donors (Lipinski definition) is 1. The zero-order chi connectivity index (χ0) is 20.0. The minimum absolute atomic E-state index is 0.113. The monoisotopic (exact) mass is 420 g/mol. The van der Waals surface area contributed by atoms with Crippen LogP contribution in [0.4, 0.5) is 5.88 Å². The van der Waals surface area contributed by atoms with E-state index < -0.39 is 7.60 Å². The third kappa shape index (κ3) is 4.65. The van der Waals surface area contributed by atoms with Gasteiger partial charge in [-0.25, -0.2) is 0 Å². The molecule has 0 bridgehead atoms. The molecule has 8 heteroatoms. The van der Waals surface area contributed by atoms with Gasteiger partial charge in [0.25, 0.3) is 0 Å². The van der Waals surface area contributed by atoms with Gasteiger partial charge >= 0.3 is 7.60 Å². The molecule has 0 aliphatic heterocycles. The Morgan fingerprint density at radius 3 is 2.32 bits per heavy atom. The second-order valence-corrected chi connectivity index (χ2v) is 8.17. The quantitative estimate of drug-likeness (QED) is 0.461. The number of nitrogens with zero attached hydrogens (tertiary/aromatic N) is 1. The molecule has 28 heavy (non-hydrogen) atoms. The molecule has 0 saturated carbocycles. The molecule has 3 aromatic rings. The third-order valence-electron chi connectivity index (χ3n) is 3.87. The van der Waals surface area contributed by atoms with Crippen LogP contribution in [0.25, 0.3) is 11.5 Å². The van der Waals surface area contributed by atoms with E-state index in [0.717, 1.165) is 5.56 Å². The number of halogens is 1. The Balaban J connectivity index is 2.02. The molecular weight excluding hydrogens is 399 g/mol. The molecule has 1 N–H and O–H groups in total. The average Bonchev–Trinajstić information content (AvgIpc) is 3.13. The van der Waals surface area contributed by atoms with Crippen molar-refractivity contribution in [3.05, 3.63) is 65.2 Å². The first kappa shape index (κ1) is 20.6. The molecule has 0 amide bonds. The van der Waals surface area contributed by atoms with Gasteiger partial charge < -0.3 is 18.8 Å². The number of rotatable bonds is 9. The first-order chi connectivity index (χ1) is 13.6. The summed E-state index contributed by atoms with van der Waals surface area (Å²) in [7, 11) is -3.66. The number of benzene rings is 2. The summed E-state index contributed by atoms with van der Waals surface area (Å²) in [4.78, 5) is 4.44. The Morgan fingerprint density at radius 2 is 1.68 bits per heavy atom. The third-order valence-corrected chi connectivity index (χ3v) is 6.21. The van der Waals surface area contributed by atoms with Crippen molar-refractivity contribution in [2.45, 2.75) is 20.4 Å². The smallest absolute Gasteiger partial charge is 0.385 e. The van der Waals surface area contributed by atoms with Crippen LogP contribution in [0.15, 0.2) is 59.0 Å². The second-order valence-electron chi connectivity index (χ2n) is 5.82. The summed E-state index contributed by atoms with van der Waals surface area (Å²) in [6, 6.07) is 16.9. The molecule has 0 aliphatic rings. The molecule has 0 radical (unpaired) electrons. The van der Waals surface area contributed by atoms with E-state index in [1.807, 2.05) is 42.5 Å². The lowest BCUT2D eigenvalue weighted by Gasteiger charge is -2.15. The van der Waals surface area contributed by atoms with E-state index in [0.29, 0.717) is 17.1 Å². The summed E-state index contributed by atoms with van der Waals surface area (Å²) in [6.45, 7) is 4.38. The molecule has 0 atom stereocenters. The fraction of sp³-hybridized carbons (Fsp3) is 0.250. The molecule has 2 aromatic carbocycles. The highest BCUT2D eigenvalue weighted by molar-refractivity contribution is 7.62. The zero-order valence-electron chi connectivity index (χ0n) is 15.7. The number of anilines is 1. The molecule has 3 rings (SSSR count). The van der Waals surface area contributed by atoms with Gasteiger partial charge in [0.1, 0.15) is 0 Å². The van der Waals surface area contributed by atoms with E-state index in [1.165, 1.54) is 0 Å². The molecule has 0 unspecified atom stereocenters. The lowest BCUT2D eigenvalue weighted by Crippen LogP contribution is -2.16. The lowest BCUT2D eigenvalue weighted by atomic mass is 10.2. The Labute approximate surface area is 169 Å². The van der Waals surface area contributed by atoms with Gasteiger partial charge in [-0.1, -0.05) is 54.1 Å². The van der Waals surface area contributed by atoms with Crippen LogP contribution < -0.4 is 10.8 Å². The van der Waals surface area contributed by atoms with E-state index >= 15 is 0 Å². The van der Waals surface area contributed by atoms with Crippen molar-refractivity contribution in [1.29, 1.82) is 0 Å². The molecule has 1 heterocycles. The minimum Gasteiger partial charge on any atom is -0.420 e. The summed E-state index contributed by atoms with van der Waals surface area (Å²) >= 11 is 6.28. The van der Waals surface area contributed by atoms with Gasteiger partial charge in [-0.15, -0.1) is 0 Å². The number of aromatic nitrogens is 1. The van der Waals surface area contributed by atoms with E-state index in [9.17, 15) is 4.57 Å². The summed E-state index contributed by atoms with van der Waals surface area (Å²) < 4.78 is 30.2. The molecule has 0 aliphatic carbocycles. The van der Waals surface area contributed by atoms with Crippen LogP contribution in [0.2, 0.25) is 5.02 Å². The summed E-state index contributed by atoms with van der Waals surface area (Å²) in [5, 5.41) is 3.64. The molecule has 148 valence electrons. The van der Waals surface area contributed by atoms with Crippen LogP contribution in [0.3, 0.4) is 0 Å². The molecule has 1 aromatic heterocycles. The van der Waals surface area contributed by atoms with Gasteiger partial charge in [0.05, 0.1) is 23.8 Å². The number of oxazole rings is 1. The van der Waals surface area contributed by atoms with E-state index in [4.69, 9.17) is 25.1 Å². The van der Waals surface area contributed by atoms with Gasteiger partial charge in [0, 0.05) is 6.54 Å². The van der Waals surface area contributed by atoms with E-state index in [2.05, 4.69) is 10.3 Å². The molecule has 0 fully saturated rings. The predicted octanol–water partition coefficient (Wildman–Crippen LogP) is 5.50. The number of nitrogens with one attached hydrogen (secondary N) is 1. The van der Waals surface area contributed by atoms with Crippen LogP contribution in [0.5, 0.6) is 0 Å².